The van der Waals surface area contributed by atoms with Crippen LogP contribution in [0.25, 0.3) is 0 Å². The molecule has 1 aromatic carbocycles. The molecule has 96 valence electrons. The van der Waals surface area contributed by atoms with Crippen LogP contribution in [0.15, 0.2) is 24.3 Å². The molecule has 1 rings (SSSR count). The van der Waals surface area contributed by atoms with Crippen molar-refractivity contribution in [3.8, 4) is 0 Å². The summed E-state index contributed by atoms with van der Waals surface area (Å²) < 4.78 is 17.7. The van der Waals surface area contributed by atoms with Crippen LogP contribution in [0.5, 0.6) is 0 Å². The van der Waals surface area contributed by atoms with Crippen LogP contribution in [-0.2, 0) is 14.3 Å². The van der Waals surface area contributed by atoms with E-state index in [1.54, 1.807) is 0 Å². The lowest BCUT2D eigenvalue weighted by Crippen LogP contribution is -2.31. The maximum absolute atomic E-state index is 13.2. The molecule has 0 aliphatic heterocycles. The van der Waals surface area contributed by atoms with Gasteiger partial charge in [-0.1, -0.05) is 12.1 Å². The summed E-state index contributed by atoms with van der Waals surface area (Å²) in [5.74, 6) is -2.45. The minimum atomic E-state index is -0.755. The monoisotopic (exact) mass is 253 g/mol. The number of carbonyl (C=O) groups excluding carboxylic acids is 3. The molecule has 0 bridgehead atoms. The standard InChI is InChI=1S/C12H12FNO4/c1-8(15)7-18-11(16)6-14-12(17)9-4-2-3-5-10(9)13/h2-5H,6-7H2,1H3,(H,14,17). The number of amides is 1. The van der Waals surface area contributed by atoms with E-state index in [2.05, 4.69) is 10.1 Å². The lowest BCUT2D eigenvalue weighted by atomic mass is 10.2. The summed E-state index contributed by atoms with van der Waals surface area (Å²) in [4.78, 5) is 33.1. The summed E-state index contributed by atoms with van der Waals surface area (Å²) in [5.41, 5.74) is -0.156. The Morgan fingerprint density at radius 3 is 2.56 bits per heavy atom. The zero-order chi connectivity index (χ0) is 13.5. The van der Waals surface area contributed by atoms with Gasteiger partial charge in [0, 0.05) is 0 Å². The predicted molar refractivity (Wildman–Crippen MR) is 60.4 cm³/mol. The highest BCUT2D eigenvalue weighted by Crippen LogP contribution is 2.05. The van der Waals surface area contributed by atoms with Gasteiger partial charge in [0.15, 0.2) is 5.78 Å². The highest BCUT2D eigenvalue weighted by atomic mass is 19.1. The minimum absolute atomic E-state index is 0.156. The number of rotatable bonds is 5. The van der Waals surface area contributed by atoms with E-state index in [1.807, 2.05) is 0 Å². The van der Waals surface area contributed by atoms with E-state index >= 15 is 0 Å². The second kappa shape index (κ2) is 6.48. The van der Waals surface area contributed by atoms with Crippen molar-refractivity contribution in [3.63, 3.8) is 0 Å². The Kier molecular flexibility index (Phi) is 4.98. The molecule has 1 aromatic rings. The maximum atomic E-state index is 13.2. The number of halogens is 1. The summed E-state index contributed by atoms with van der Waals surface area (Å²) in [5, 5.41) is 2.20. The van der Waals surface area contributed by atoms with E-state index in [4.69, 9.17) is 0 Å². The number of hydrogen-bond donors (Lipinski definition) is 1. The molecule has 0 saturated carbocycles. The average Bonchev–Trinajstić information content (AvgIpc) is 2.34. The van der Waals surface area contributed by atoms with Gasteiger partial charge in [-0.05, 0) is 19.1 Å². The Labute approximate surface area is 103 Å². The first kappa shape index (κ1) is 13.8. The van der Waals surface area contributed by atoms with Crippen LogP contribution in [0.1, 0.15) is 17.3 Å². The van der Waals surface area contributed by atoms with Gasteiger partial charge in [-0.3, -0.25) is 14.4 Å². The molecule has 0 unspecified atom stereocenters. The maximum Gasteiger partial charge on any atom is 0.325 e. The fraction of sp³-hybridized carbons (Fsp3) is 0.250. The summed E-state index contributed by atoms with van der Waals surface area (Å²) in [7, 11) is 0. The van der Waals surface area contributed by atoms with Crippen molar-refractivity contribution < 1.29 is 23.5 Å². The zero-order valence-electron chi connectivity index (χ0n) is 9.73. The molecule has 5 nitrogen and oxygen atoms in total. The normalized spacial score (nSPS) is 9.67. The molecule has 0 fully saturated rings. The molecule has 0 heterocycles. The fourth-order valence-electron chi connectivity index (χ4n) is 1.13. The van der Waals surface area contributed by atoms with Gasteiger partial charge in [0.1, 0.15) is 19.0 Å². The first-order chi connectivity index (χ1) is 8.50. The van der Waals surface area contributed by atoms with Crippen molar-refractivity contribution in [3.05, 3.63) is 35.6 Å². The second-order valence-electron chi connectivity index (χ2n) is 3.53. The van der Waals surface area contributed by atoms with Crippen LogP contribution in [0.3, 0.4) is 0 Å². The number of ketones is 1. The molecule has 0 radical (unpaired) electrons. The van der Waals surface area contributed by atoms with E-state index in [1.165, 1.54) is 25.1 Å². The Morgan fingerprint density at radius 1 is 1.28 bits per heavy atom. The molecule has 0 aliphatic rings. The van der Waals surface area contributed by atoms with Crippen LogP contribution >= 0.6 is 0 Å². The van der Waals surface area contributed by atoms with Crippen LogP contribution in [0.4, 0.5) is 4.39 Å². The highest BCUT2D eigenvalue weighted by molar-refractivity contribution is 5.96. The summed E-state index contributed by atoms with van der Waals surface area (Å²) >= 11 is 0. The van der Waals surface area contributed by atoms with Crippen LogP contribution in [0.2, 0.25) is 0 Å². The molecule has 18 heavy (non-hydrogen) atoms. The van der Waals surface area contributed by atoms with E-state index in [0.717, 1.165) is 6.07 Å². The van der Waals surface area contributed by atoms with Gasteiger partial charge >= 0.3 is 5.97 Å². The fourth-order valence-corrected chi connectivity index (χ4v) is 1.13. The van der Waals surface area contributed by atoms with E-state index in [0.29, 0.717) is 0 Å². The Morgan fingerprint density at radius 2 is 1.94 bits per heavy atom. The quantitative estimate of drug-likeness (QED) is 0.783. The number of Topliss-reactive ketones (excluding diaryl/α,β-unsaturated/α-hetero) is 1. The summed E-state index contributed by atoms with van der Waals surface area (Å²) in [6.07, 6.45) is 0. The van der Waals surface area contributed by atoms with E-state index in [-0.39, 0.29) is 18.0 Å². The molecular weight excluding hydrogens is 241 g/mol. The summed E-state index contributed by atoms with van der Waals surface area (Å²) in [6.45, 7) is 0.514. The molecule has 0 atom stereocenters. The van der Waals surface area contributed by atoms with Crippen LogP contribution < -0.4 is 5.32 Å². The van der Waals surface area contributed by atoms with Gasteiger partial charge in [-0.15, -0.1) is 0 Å². The van der Waals surface area contributed by atoms with Crippen molar-refractivity contribution in [2.75, 3.05) is 13.2 Å². The summed E-state index contributed by atoms with van der Waals surface area (Å²) in [6, 6.07) is 5.40. The number of nitrogens with one attached hydrogen (secondary N) is 1. The molecule has 0 saturated heterocycles. The highest BCUT2D eigenvalue weighted by Gasteiger charge is 2.12. The molecule has 1 amide bonds. The van der Waals surface area contributed by atoms with Gasteiger partial charge in [-0.2, -0.15) is 0 Å². The predicted octanol–water partition coefficient (Wildman–Crippen LogP) is 0.688. The number of ether oxygens (including phenoxy) is 1. The molecule has 0 spiro atoms. The van der Waals surface area contributed by atoms with E-state index in [9.17, 15) is 18.8 Å². The van der Waals surface area contributed by atoms with Crippen LogP contribution in [-0.4, -0.2) is 30.8 Å². The van der Waals surface area contributed by atoms with Gasteiger partial charge in [0.05, 0.1) is 5.56 Å². The van der Waals surface area contributed by atoms with Crippen molar-refractivity contribution in [1.82, 2.24) is 5.32 Å². The Hall–Kier alpha value is -2.24. The second-order valence-corrected chi connectivity index (χ2v) is 3.53. The van der Waals surface area contributed by atoms with Gasteiger partial charge in [-0.25, -0.2) is 4.39 Å². The third-order valence-electron chi connectivity index (χ3n) is 1.95. The first-order valence-electron chi connectivity index (χ1n) is 5.18. The average molecular weight is 253 g/mol. The smallest absolute Gasteiger partial charge is 0.325 e. The van der Waals surface area contributed by atoms with Gasteiger partial charge in [0.2, 0.25) is 0 Å². The number of esters is 1. The third kappa shape index (κ3) is 4.32. The first-order valence-corrected chi connectivity index (χ1v) is 5.18. The Balaban J connectivity index is 2.45. The van der Waals surface area contributed by atoms with Crippen molar-refractivity contribution in [1.29, 1.82) is 0 Å². The van der Waals surface area contributed by atoms with Crippen molar-refractivity contribution in [2.45, 2.75) is 6.92 Å². The van der Waals surface area contributed by atoms with Crippen molar-refractivity contribution in [2.24, 2.45) is 0 Å². The topological polar surface area (TPSA) is 72.5 Å². The number of hydrogen-bond acceptors (Lipinski definition) is 4. The molecule has 6 heteroatoms. The molecular formula is C12H12FNO4. The third-order valence-corrected chi connectivity index (χ3v) is 1.95. The lowest BCUT2D eigenvalue weighted by molar-refractivity contribution is -0.146. The van der Waals surface area contributed by atoms with Gasteiger partial charge in [0.25, 0.3) is 5.91 Å². The SMILES string of the molecule is CC(=O)COC(=O)CNC(=O)c1ccccc1F. The van der Waals surface area contributed by atoms with Gasteiger partial charge < -0.3 is 10.1 Å². The minimum Gasteiger partial charge on any atom is -0.456 e. The van der Waals surface area contributed by atoms with Crippen LogP contribution in [0, 0.1) is 5.82 Å². The zero-order valence-corrected chi connectivity index (χ0v) is 9.73. The number of carbonyl (C=O) groups is 3. The molecule has 0 aromatic heterocycles. The lowest BCUT2D eigenvalue weighted by Gasteiger charge is -2.05. The van der Waals surface area contributed by atoms with Crippen molar-refractivity contribution >= 4 is 17.7 Å². The number of benzene rings is 1. The Bertz CT molecular complexity index is 473. The largest absolute Gasteiger partial charge is 0.456 e. The molecule has 1 N–H and O–H groups in total. The molecule has 0 aliphatic carbocycles. The van der Waals surface area contributed by atoms with E-state index < -0.39 is 24.2 Å².